The van der Waals surface area contributed by atoms with E-state index in [1.165, 1.54) is 5.56 Å². The molecular formula is C13H16O. The highest BCUT2D eigenvalue weighted by atomic mass is 16.3. The average Bonchev–Trinajstić information content (AvgIpc) is 2.17. The van der Waals surface area contributed by atoms with Gasteiger partial charge in [0.2, 0.25) is 0 Å². The van der Waals surface area contributed by atoms with Gasteiger partial charge in [0.1, 0.15) is 0 Å². The van der Waals surface area contributed by atoms with E-state index in [2.05, 4.69) is 12.6 Å². The van der Waals surface area contributed by atoms with Crippen molar-refractivity contribution < 1.29 is 5.11 Å². The second-order valence-electron chi connectivity index (χ2n) is 4.05. The van der Waals surface area contributed by atoms with Crippen molar-refractivity contribution >= 4 is 0 Å². The minimum Gasteiger partial charge on any atom is -0.385 e. The van der Waals surface area contributed by atoms with E-state index in [4.69, 9.17) is 0 Å². The molecule has 1 atom stereocenters. The van der Waals surface area contributed by atoms with Crippen LogP contribution in [0.5, 0.6) is 0 Å². The molecule has 2 rings (SSSR count). The van der Waals surface area contributed by atoms with Gasteiger partial charge in [0, 0.05) is 6.42 Å². The van der Waals surface area contributed by atoms with Gasteiger partial charge < -0.3 is 5.11 Å². The Labute approximate surface area is 85.1 Å². The van der Waals surface area contributed by atoms with Crippen LogP contribution in [0.2, 0.25) is 0 Å². The normalized spacial score (nSPS) is 23.8. The molecule has 0 unspecified atom stereocenters. The van der Waals surface area contributed by atoms with Crippen LogP contribution >= 0.6 is 0 Å². The summed E-state index contributed by atoms with van der Waals surface area (Å²) in [5.41, 5.74) is 1.89. The molecule has 0 aromatic heterocycles. The summed E-state index contributed by atoms with van der Waals surface area (Å²) in [4.78, 5) is 0. The Morgan fingerprint density at radius 1 is 1.43 bits per heavy atom. The van der Waals surface area contributed by atoms with Crippen molar-refractivity contribution in [2.45, 2.75) is 31.3 Å². The van der Waals surface area contributed by atoms with Crippen molar-refractivity contribution in [3.05, 3.63) is 48.0 Å². The SMILES string of the molecule is C=CCCC[C@@]1(O)Cc2ccccc21. The lowest BCUT2D eigenvalue weighted by atomic mass is 9.71. The zero-order chi connectivity index (χ0) is 10.0. The fraction of sp³-hybridized carbons (Fsp3) is 0.385. The van der Waals surface area contributed by atoms with E-state index in [1.807, 2.05) is 24.3 Å². The molecule has 0 aliphatic heterocycles. The number of allylic oxidation sites excluding steroid dienone is 1. The van der Waals surface area contributed by atoms with E-state index in [9.17, 15) is 5.11 Å². The number of fused-ring (bicyclic) bond motifs is 1. The highest BCUT2D eigenvalue weighted by Gasteiger charge is 2.39. The summed E-state index contributed by atoms with van der Waals surface area (Å²) < 4.78 is 0. The molecule has 0 saturated carbocycles. The van der Waals surface area contributed by atoms with Crippen molar-refractivity contribution in [1.82, 2.24) is 0 Å². The summed E-state index contributed by atoms with van der Waals surface area (Å²) in [5.74, 6) is 0. The van der Waals surface area contributed by atoms with Crippen LogP contribution in [-0.4, -0.2) is 5.11 Å². The zero-order valence-electron chi connectivity index (χ0n) is 8.37. The molecule has 1 aromatic rings. The number of hydrogen-bond donors (Lipinski definition) is 1. The standard InChI is InChI=1S/C13H16O/c1-2-3-6-9-13(14)10-11-7-4-5-8-12(11)13/h2,4-5,7-8,14H,1,3,6,9-10H2/t13-/m1/s1. The summed E-state index contributed by atoms with van der Waals surface area (Å²) in [6, 6.07) is 8.16. The minimum atomic E-state index is -0.542. The first-order valence-corrected chi connectivity index (χ1v) is 5.18. The number of unbranched alkanes of at least 4 members (excludes halogenated alkanes) is 1. The van der Waals surface area contributed by atoms with E-state index in [0.717, 1.165) is 31.2 Å². The van der Waals surface area contributed by atoms with E-state index in [-0.39, 0.29) is 0 Å². The Hall–Kier alpha value is -1.08. The van der Waals surface area contributed by atoms with Gasteiger partial charge in [0.05, 0.1) is 5.60 Å². The molecule has 0 amide bonds. The third-order valence-corrected chi connectivity index (χ3v) is 3.00. The lowest BCUT2D eigenvalue weighted by molar-refractivity contribution is 0.00224. The molecule has 0 saturated heterocycles. The first-order chi connectivity index (χ1) is 6.76. The maximum atomic E-state index is 10.3. The minimum absolute atomic E-state index is 0.542. The fourth-order valence-electron chi connectivity index (χ4n) is 2.19. The molecule has 1 heteroatoms. The Morgan fingerprint density at radius 2 is 2.21 bits per heavy atom. The number of rotatable bonds is 4. The zero-order valence-corrected chi connectivity index (χ0v) is 8.37. The second kappa shape index (κ2) is 3.58. The van der Waals surface area contributed by atoms with Gasteiger partial charge in [0.15, 0.2) is 0 Å². The molecule has 1 aromatic carbocycles. The molecular weight excluding hydrogens is 172 g/mol. The second-order valence-corrected chi connectivity index (χ2v) is 4.05. The van der Waals surface area contributed by atoms with Crippen LogP contribution < -0.4 is 0 Å². The number of aliphatic hydroxyl groups is 1. The van der Waals surface area contributed by atoms with Gasteiger partial charge in [-0.1, -0.05) is 30.3 Å². The monoisotopic (exact) mass is 188 g/mol. The summed E-state index contributed by atoms with van der Waals surface area (Å²) >= 11 is 0. The van der Waals surface area contributed by atoms with Gasteiger partial charge in [-0.2, -0.15) is 0 Å². The fourth-order valence-corrected chi connectivity index (χ4v) is 2.19. The van der Waals surface area contributed by atoms with Gasteiger partial charge in [0.25, 0.3) is 0 Å². The largest absolute Gasteiger partial charge is 0.385 e. The molecule has 74 valence electrons. The lowest BCUT2D eigenvalue weighted by Gasteiger charge is -2.39. The summed E-state index contributed by atoms with van der Waals surface area (Å²) in [7, 11) is 0. The Kier molecular flexibility index (Phi) is 2.42. The maximum absolute atomic E-state index is 10.3. The molecule has 14 heavy (non-hydrogen) atoms. The number of hydrogen-bond acceptors (Lipinski definition) is 1. The third kappa shape index (κ3) is 1.48. The van der Waals surface area contributed by atoms with Gasteiger partial charge in [-0.05, 0) is 30.4 Å². The molecule has 0 heterocycles. The van der Waals surface area contributed by atoms with E-state index < -0.39 is 5.60 Å². The Morgan fingerprint density at radius 3 is 2.93 bits per heavy atom. The molecule has 1 N–H and O–H groups in total. The van der Waals surface area contributed by atoms with E-state index in [0.29, 0.717) is 0 Å². The highest BCUT2D eigenvalue weighted by Crippen LogP contribution is 2.42. The Bertz CT molecular complexity index is 343. The van der Waals surface area contributed by atoms with Crippen LogP contribution in [0, 0.1) is 0 Å². The van der Waals surface area contributed by atoms with Gasteiger partial charge in [-0.15, -0.1) is 6.58 Å². The molecule has 0 fully saturated rings. The summed E-state index contributed by atoms with van der Waals surface area (Å²) in [6.45, 7) is 3.69. The van der Waals surface area contributed by atoms with Crippen LogP contribution in [-0.2, 0) is 12.0 Å². The molecule has 1 nitrogen and oxygen atoms in total. The maximum Gasteiger partial charge on any atom is 0.0939 e. The van der Waals surface area contributed by atoms with Crippen LogP contribution in [0.15, 0.2) is 36.9 Å². The molecule has 0 spiro atoms. The highest BCUT2D eigenvalue weighted by molar-refractivity contribution is 5.42. The predicted octanol–water partition coefficient (Wildman–Crippen LogP) is 2.79. The van der Waals surface area contributed by atoms with Gasteiger partial charge in [-0.3, -0.25) is 0 Å². The topological polar surface area (TPSA) is 20.2 Å². The Balaban J connectivity index is 2.04. The van der Waals surface area contributed by atoms with Gasteiger partial charge in [-0.25, -0.2) is 0 Å². The first-order valence-electron chi connectivity index (χ1n) is 5.18. The smallest absolute Gasteiger partial charge is 0.0939 e. The van der Waals surface area contributed by atoms with E-state index in [1.54, 1.807) is 0 Å². The average molecular weight is 188 g/mol. The molecule has 1 aliphatic rings. The predicted molar refractivity (Wildman–Crippen MR) is 58.1 cm³/mol. The van der Waals surface area contributed by atoms with Gasteiger partial charge >= 0.3 is 0 Å². The van der Waals surface area contributed by atoms with Crippen LogP contribution in [0.1, 0.15) is 30.4 Å². The third-order valence-electron chi connectivity index (χ3n) is 3.00. The summed E-state index contributed by atoms with van der Waals surface area (Å²) in [5, 5.41) is 10.3. The molecule has 0 radical (unpaired) electrons. The quantitative estimate of drug-likeness (QED) is 0.569. The van der Waals surface area contributed by atoms with Crippen LogP contribution in [0.3, 0.4) is 0 Å². The van der Waals surface area contributed by atoms with Crippen LogP contribution in [0.25, 0.3) is 0 Å². The first kappa shape index (κ1) is 9.47. The summed E-state index contributed by atoms with van der Waals surface area (Å²) in [6.07, 6.45) is 5.60. The van der Waals surface area contributed by atoms with Crippen molar-refractivity contribution in [3.63, 3.8) is 0 Å². The molecule has 1 aliphatic carbocycles. The van der Waals surface area contributed by atoms with E-state index >= 15 is 0 Å². The van der Waals surface area contributed by atoms with Crippen LogP contribution in [0.4, 0.5) is 0 Å². The molecule has 0 bridgehead atoms. The number of benzene rings is 1. The van der Waals surface area contributed by atoms with Crippen molar-refractivity contribution in [3.8, 4) is 0 Å². The van der Waals surface area contributed by atoms with Crippen molar-refractivity contribution in [1.29, 1.82) is 0 Å². The van der Waals surface area contributed by atoms with Crippen molar-refractivity contribution in [2.24, 2.45) is 0 Å². The van der Waals surface area contributed by atoms with Crippen molar-refractivity contribution in [2.75, 3.05) is 0 Å². The lowest BCUT2D eigenvalue weighted by Crippen LogP contribution is -2.38.